The standard InChI is InChI=1S/C22H20FNO3/c1-2-27-22(26)20(23)13-19(18-8-5-11-24-14-18)21(25)17-10-9-15-6-3-4-7-16(15)12-17/h3-12,14,19-20H,2,13H2,1H3. The SMILES string of the molecule is CCOC(=O)C(F)CC(C(=O)c1ccc2ccccc2c1)c1cccnc1. The van der Waals surface area contributed by atoms with Crippen LogP contribution < -0.4 is 0 Å². The fourth-order valence-electron chi connectivity index (χ4n) is 3.06. The van der Waals surface area contributed by atoms with Crippen molar-refractivity contribution < 1.29 is 18.7 Å². The number of alkyl halides is 1. The van der Waals surface area contributed by atoms with Crippen molar-refractivity contribution in [1.82, 2.24) is 4.98 Å². The number of esters is 1. The Balaban J connectivity index is 1.93. The van der Waals surface area contributed by atoms with Crippen LogP contribution in [0.1, 0.15) is 35.2 Å². The van der Waals surface area contributed by atoms with Crippen LogP contribution in [0.25, 0.3) is 10.8 Å². The molecule has 27 heavy (non-hydrogen) atoms. The van der Waals surface area contributed by atoms with E-state index in [0.717, 1.165) is 10.8 Å². The van der Waals surface area contributed by atoms with Crippen molar-refractivity contribution in [3.8, 4) is 0 Å². The first-order valence-corrected chi connectivity index (χ1v) is 8.83. The zero-order valence-corrected chi connectivity index (χ0v) is 15.0. The van der Waals surface area contributed by atoms with E-state index >= 15 is 0 Å². The van der Waals surface area contributed by atoms with E-state index in [4.69, 9.17) is 4.74 Å². The lowest BCUT2D eigenvalue weighted by atomic mass is 9.86. The Bertz CT molecular complexity index is 942. The molecule has 0 N–H and O–H groups in total. The lowest BCUT2D eigenvalue weighted by Crippen LogP contribution is -2.25. The van der Waals surface area contributed by atoms with E-state index in [1.807, 2.05) is 30.3 Å². The molecule has 1 heterocycles. The number of benzene rings is 2. The number of fused-ring (bicyclic) bond motifs is 1. The number of carbonyl (C=O) groups is 2. The molecule has 0 saturated carbocycles. The molecule has 2 aromatic carbocycles. The van der Waals surface area contributed by atoms with Crippen molar-refractivity contribution in [2.75, 3.05) is 6.61 Å². The van der Waals surface area contributed by atoms with Gasteiger partial charge in [0.05, 0.1) is 12.5 Å². The lowest BCUT2D eigenvalue weighted by molar-refractivity contribution is -0.149. The number of carbonyl (C=O) groups excluding carboxylic acids is 2. The maximum atomic E-state index is 14.4. The highest BCUT2D eigenvalue weighted by molar-refractivity contribution is 6.04. The van der Waals surface area contributed by atoms with Crippen molar-refractivity contribution in [1.29, 1.82) is 0 Å². The van der Waals surface area contributed by atoms with Crippen molar-refractivity contribution >= 4 is 22.5 Å². The highest BCUT2D eigenvalue weighted by Gasteiger charge is 2.30. The largest absolute Gasteiger partial charge is 0.464 e. The molecule has 1 aromatic heterocycles. The monoisotopic (exact) mass is 365 g/mol. The first-order chi connectivity index (χ1) is 13.1. The summed E-state index contributed by atoms with van der Waals surface area (Å²) in [5.74, 6) is -2.02. The Labute approximate surface area is 157 Å². The third kappa shape index (κ3) is 4.37. The summed E-state index contributed by atoms with van der Waals surface area (Å²) in [7, 11) is 0. The second kappa shape index (κ2) is 8.54. The molecule has 0 radical (unpaired) electrons. The molecule has 138 valence electrons. The fourth-order valence-corrected chi connectivity index (χ4v) is 3.06. The molecule has 3 rings (SSSR count). The van der Waals surface area contributed by atoms with E-state index in [-0.39, 0.29) is 18.8 Å². The highest BCUT2D eigenvalue weighted by Crippen LogP contribution is 2.28. The minimum atomic E-state index is -1.88. The molecule has 3 aromatic rings. The Morgan fingerprint density at radius 1 is 1.07 bits per heavy atom. The van der Waals surface area contributed by atoms with Crippen LogP contribution in [0.4, 0.5) is 4.39 Å². The second-order valence-corrected chi connectivity index (χ2v) is 6.22. The van der Waals surface area contributed by atoms with Gasteiger partial charge in [-0.2, -0.15) is 0 Å². The van der Waals surface area contributed by atoms with Gasteiger partial charge >= 0.3 is 5.97 Å². The highest BCUT2D eigenvalue weighted by atomic mass is 19.1. The molecule has 0 spiro atoms. The first-order valence-electron chi connectivity index (χ1n) is 8.83. The summed E-state index contributed by atoms with van der Waals surface area (Å²) < 4.78 is 19.1. The van der Waals surface area contributed by atoms with Crippen LogP contribution in [0.5, 0.6) is 0 Å². The van der Waals surface area contributed by atoms with Gasteiger partial charge in [-0.15, -0.1) is 0 Å². The van der Waals surface area contributed by atoms with Crippen LogP contribution in [-0.4, -0.2) is 29.5 Å². The number of rotatable bonds is 7. The first kappa shape index (κ1) is 18.7. The quantitative estimate of drug-likeness (QED) is 0.457. The summed E-state index contributed by atoms with van der Waals surface area (Å²) in [5.41, 5.74) is 1.04. The maximum absolute atomic E-state index is 14.4. The molecule has 0 aliphatic rings. The van der Waals surface area contributed by atoms with Crippen molar-refractivity contribution in [2.24, 2.45) is 0 Å². The molecule has 5 heteroatoms. The van der Waals surface area contributed by atoms with Gasteiger partial charge in [0.25, 0.3) is 0 Å². The molecule has 0 aliphatic carbocycles. The number of hydrogen-bond acceptors (Lipinski definition) is 4. The topological polar surface area (TPSA) is 56.3 Å². The average Bonchev–Trinajstić information content (AvgIpc) is 2.71. The Morgan fingerprint density at radius 3 is 2.56 bits per heavy atom. The summed E-state index contributed by atoms with van der Waals surface area (Å²) in [5, 5.41) is 1.94. The lowest BCUT2D eigenvalue weighted by Gasteiger charge is -2.18. The van der Waals surface area contributed by atoms with E-state index in [2.05, 4.69) is 4.98 Å². The summed E-state index contributed by atoms with van der Waals surface area (Å²) in [4.78, 5) is 28.9. The number of Topliss-reactive ketones (excluding diaryl/α,β-unsaturated/α-hetero) is 1. The Morgan fingerprint density at radius 2 is 1.85 bits per heavy atom. The van der Waals surface area contributed by atoms with Gasteiger partial charge in [0.1, 0.15) is 0 Å². The van der Waals surface area contributed by atoms with Gasteiger partial charge in [-0.25, -0.2) is 9.18 Å². The molecular weight excluding hydrogens is 345 g/mol. The summed E-state index contributed by atoms with van der Waals surface area (Å²) in [6.45, 7) is 1.71. The Hall–Kier alpha value is -3.08. The summed E-state index contributed by atoms with van der Waals surface area (Å²) in [6, 6.07) is 16.5. The van der Waals surface area contributed by atoms with E-state index in [0.29, 0.717) is 11.1 Å². The number of aromatic nitrogens is 1. The zero-order chi connectivity index (χ0) is 19.2. The van der Waals surface area contributed by atoms with Crippen molar-refractivity contribution in [3.05, 3.63) is 78.1 Å². The molecule has 2 unspecified atom stereocenters. The molecule has 0 amide bonds. The van der Waals surface area contributed by atoms with Gasteiger partial charge in [-0.1, -0.05) is 42.5 Å². The van der Waals surface area contributed by atoms with Gasteiger partial charge in [0.2, 0.25) is 0 Å². The Kier molecular flexibility index (Phi) is 5.91. The van der Waals surface area contributed by atoms with Crippen LogP contribution in [0.2, 0.25) is 0 Å². The normalized spacial score (nSPS) is 13.1. The van der Waals surface area contributed by atoms with E-state index < -0.39 is 18.1 Å². The third-order valence-electron chi connectivity index (χ3n) is 4.42. The minimum absolute atomic E-state index is 0.0927. The van der Waals surface area contributed by atoms with Crippen molar-refractivity contribution in [3.63, 3.8) is 0 Å². The van der Waals surface area contributed by atoms with Gasteiger partial charge < -0.3 is 4.74 Å². The molecule has 4 nitrogen and oxygen atoms in total. The molecule has 2 atom stereocenters. The van der Waals surface area contributed by atoms with Crippen LogP contribution in [0, 0.1) is 0 Å². The predicted octanol–water partition coefficient (Wildman–Crippen LogP) is 4.49. The number of hydrogen-bond donors (Lipinski definition) is 0. The molecule has 0 saturated heterocycles. The second-order valence-electron chi connectivity index (χ2n) is 6.22. The third-order valence-corrected chi connectivity index (χ3v) is 4.42. The van der Waals surface area contributed by atoms with Crippen LogP contribution in [0.15, 0.2) is 67.0 Å². The molecule has 0 aliphatic heterocycles. The van der Waals surface area contributed by atoms with Gasteiger partial charge in [-0.05, 0) is 35.4 Å². The molecular formula is C22H20FNO3. The summed E-state index contributed by atoms with van der Waals surface area (Å²) in [6.07, 6.45) is 0.955. The predicted molar refractivity (Wildman–Crippen MR) is 101 cm³/mol. The van der Waals surface area contributed by atoms with Gasteiger partial charge in [0, 0.05) is 24.4 Å². The minimum Gasteiger partial charge on any atom is -0.464 e. The molecule has 0 bridgehead atoms. The van der Waals surface area contributed by atoms with E-state index in [1.54, 1.807) is 37.4 Å². The van der Waals surface area contributed by atoms with Crippen LogP contribution in [-0.2, 0) is 9.53 Å². The van der Waals surface area contributed by atoms with E-state index in [1.165, 1.54) is 6.20 Å². The number of nitrogens with zero attached hydrogens (tertiary/aromatic N) is 1. The number of ketones is 1. The average molecular weight is 365 g/mol. The number of ether oxygens (including phenoxy) is 1. The van der Waals surface area contributed by atoms with Crippen LogP contribution in [0.3, 0.4) is 0 Å². The van der Waals surface area contributed by atoms with E-state index in [9.17, 15) is 14.0 Å². The van der Waals surface area contributed by atoms with Gasteiger partial charge in [-0.3, -0.25) is 9.78 Å². The van der Waals surface area contributed by atoms with Gasteiger partial charge in [0.15, 0.2) is 12.0 Å². The molecule has 0 fully saturated rings. The fraction of sp³-hybridized carbons (Fsp3) is 0.227. The number of halogens is 1. The van der Waals surface area contributed by atoms with Crippen molar-refractivity contribution in [2.45, 2.75) is 25.4 Å². The van der Waals surface area contributed by atoms with Crippen LogP contribution >= 0.6 is 0 Å². The maximum Gasteiger partial charge on any atom is 0.340 e. The number of pyridine rings is 1. The smallest absolute Gasteiger partial charge is 0.340 e. The summed E-state index contributed by atoms with van der Waals surface area (Å²) >= 11 is 0. The zero-order valence-electron chi connectivity index (χ0n) is 15.0.